The van der Waals surface area contributed by atoms with Gasteiger partial charge in [-0.2, -0.15) is 0 Å². The molecule has 0 fully saturated rings. The molecule has 1 aromatic heterocycles. The smallest absolute Gasteiger partial charge is 0.335 e. The van der Waals surface area contributed by atoms with Crippen molar-refractivity contribution < 1.29 is 15.0 Å². The van der Waals surface area contributed by atoms with Crippen molar-refractivity contribution in [1.29, 1.82) is 0 Å². The van der Waals surface area contributed by atoms with Gasteiger partial charge in [0.1, 0.15) is 5.82 Å². The van der Waals surface area contributed by atoms with Gasteiger partial charge in [0.05, 0.1) is 29.2 Å². The normalized spacial score (nSPS) is 13.3. The molecule has 0 saturated heterocycles. The zero-order valence-electron chi connectivity index (χ0n) is 12.9. The number of carboxylic acids is 1. The molecule has 1 unspecified atom stereocenters. The van der Waals surface area contributed by atoms with E-state index in [0.29, 0.717) is 5.52 Å². The van der Waals surface area contributed by atoms with Crippen LogP contribution in [0.25, 0.3) is 11.0 Å². The highest BCUT2D eigenvalue weighted by atomic mass is 16.4. The van der Waals surface area contributed by atoms with Crippen LogP contribution < -0.4 is 0 Å². The number of aliphatic hydroxyl groups excluding tert-OH is 1. The maximum atomic E-state index is 11.1. The van der Waals surface area contributed by atoms with Crippen molar-refractivity contribution in [1.82, 2.24) is 9.55 Å². The average molecular weight is 290 g/mol. The molecule has 0 radical (unpaired) electrons. The summed E-state index contributed by atoms with van der Waals surface area (Å²) in [5.74, 6) is 0.364. The van der Waals surface area contributed by atoms with E-state index in [-0.39, 0.29) is 30.0 Å². The van der Waals surface area contributed by atoms with E-state index < -0.39 is 5.97 Å². The summed E-state index contributed by atoms with van der Waals surface area (Å²) in [6.07, 6.45) is 0. The molecule has 2 rings (SSSR count). The molecule has 0 bridgehead atoms. The van der Waals surface area contributed by atoms with Crippen molar-refractivity contribution in [2.75, 3.05) is 6.61 Å². The van der Waals surface area contributed by atoms with Crippen molar-refractivity contribution in [2.24, 2.45) is 5.92 Å². The Kier molecular flexibility index (Phi) is 4.32. The van der Waals surface area contributed by atoms with Gasteiger partial charge in [-0.05, 0) is 24.1 Å². The first-order valence-corrected chi connectivity index (χ1v) is 7.22. The molecule has 5 nitrogen and oxygen atoms in total. The summed E-state index contributed by atoms with van der Waals surface area (Å²) in [4.78, 5) is 15.7. The third-order valence-corrected chi connectivity index (χ3v) is 3.77. The minimum Gasteiger partial charge on any atom is -0.478 e. The fourth-order valence-electron chi connectivity index (χ4n) is 2.60. The van der Waals surface area contributed by atoms with Crippen LogP contribution in [0.5, 0.6) is 0 Å². The summed E-state index contributed by atoms with van der Waals surface area (Å²) in [5, 5.41) is 18.8. The molecule has 1 atom stereocenters. The number of hydrogen-bond acceptors (Lipinski definition) is 3. The molecule has 1 aromatic carbocycles. The summed E-state index contributed by atoms with van der Waals surface area (Å²) >= 11 is 0. The quantitative estimate of drug-likeness (QED) is 0.887. The van der Waals surface area contributed by atoms with Gasteiger partial charge in [-0.3, -0.25) is 0 Å². The zero-order valence-corrected chi connectivity index (χ0v) is 12.9. The van der Waals surface area contributed by atoms with Gasteiger partial charge in [0.15, 0.2) is 0 Å². The highest BCUT2D eigenvalue weighted by molar-refractivity contribution is 5.92. The van der Waals surface area contributed by atoms with Crippen molar-refractivity contribution in [2.45, 2.75) is 39.7 Å². The van der Waals surface area contributed by atoms with Crippen molar-refractivity contribution in [3.63, 3.8) is 0 Å². The minimum absolute atomic E-state index is 0.0313. The van der Waals surface area contributed by atoms with Crippen LogP contribution in [0.3, 0.4) is 0 Å². The van der Waals surface area contributed by atoms with Gasteiger partial charge in [0.2, 0.25) is 0 Å². The number of aromatic carboxylic acids is 1. The Morgan fingerprint density at radius 2 is 1.95 bits per heavy atom. The van der Waals surface area contributed by atoms with Gasteiger partial charge < -0.3 is 14.8 Å². The lowest BCUT2D eigenvalue weighted by Gasteiger charge is -2.24. The topological polar surface area (TPSA) is 75.3 Å². The summed E-state index contributed by atoms with van der Waals surface area (Å²) < 4.78 is 2.05. The lowest BCUT2D eigenvalue weighted by Crippen LogP contribution is -2.21. The molecule has 5 heteroatoms. The molecule has 0 amide bonds. The average Bonchev–Trinajstić information content (AvgIpc) is 2.78. The lowest BCUT2D eigenvalue weighted by atomic mass is 10.0. The fraction of sp³-hybridized carbons (Fsp3) is 0.500. The largest absolute Gasteiger partial charge is 0.478 e. The number of rotatable bonds is 5. The summed E-state index contributed by atoms with van der Waals surface area (Å²) in [5.41, 5.74) is 1.77. The van der Waals surface area contributed by atoms with E-state index in [1.807, 2.05) is 13.8 Å². The van der Waals surface area contributed by atoms with Crippen molar-refractivity contribution in [3.8, 4) is 0 Å². The number of benzene rings is 1. The van der Waals surface area contributed by atoms with Gasteiger partial charge >= 0.3 is 5.97 Å². The predicted octanol–water partition coefficient (Wildman–Crippen LogP) is 3.05. The second-order valence-electron chi connectivity index (χ2n) is 6.00. The molecule has 114 valence electrons. The number of nitrogens with zero attached hydrogens (tertiary/aromatic N) is 2. The van der Waals surface area contributed by atoms with E-state index in [9.17, 15) is 9.90 Å². The molecule has 0 aliphatic heterocycles. The highest BCUT2D eigenvalue weighted by Crippen LogP contribution is 2.30. The molecule has 21 heavy (non-hydrogen) atoms. The molecule has 0 aliphatic rings. The SMILES string of the molecule is CC(C)c1nc2cc(C(=O)O)ccc2n1C(CO)C(C)C. The van der Waals surface area contributed by atoms with Crippen LogP contribution in [0.15, 0.2) is 18.2 Å². The maximum Gasteiger partial charge on any atom is 0.335 e. The monoisotopic (exact) mass is 290 g/mol. The summed E-state index contributed by atoms with van der Waals surface area (Å²) in [7, 11) is 0. The van der Waals surface area contributed by atoms with Crippen LogP contribution in [0.2, 0.25) is 0 Å². The molecule has 0 spiro atoms. The Morgan fingerprint density at radius 3 is 2.43 bits per heavy atom. The minimum atomic E-state index is -0.958. The van der Waals surface area contributed by atoms with Crippen LogP contribution >= 0.6 is 0 Å². The second kappa shape index (κ2) is 5.85. The second-order valence-corrected chi connectivity index (χ2v) is 6.00. The predicted molar refractivity (Wildman–Crippen MR) is 81.7 cm³/mol. The van der Waals surface area contributed by atoms with E-state index in [1.165, 1.54) is 0 Å². The summed E-state index contributed by atoms with van der Waals surface area (Å²) in [6, 6.07) is 4.89. The van der Waals surface area contributed by atoms with Gasteiger partial charge in [-0.1, -0.05) is 27.7 Å². The highest BCUT2D eigenvalue weighted by Gasteiger charge is 2.23. The zero-order chi connectivity index (χ0) is 15.7. The Labute approximate surface area is 124 Å². The number of carbonyl (C=O) groups is 1. The molecule has 0 aliphatic carbocycles. The molecule has 2 aromatic rings. The Morgan fingerprint density at radius 1 is 1.29 bits per heavy atom. The van der Waals surface area contributed by atoms with E-state index in [4.69, 9.17) is 5.11 Å². The van der Waals surface area contributed by atoms with Crippen molar-refractivity contribution in [3.05, 3.63) is 29.6 Å². The molecule has 2 N–H and O–H groups in total. The lowest BCUT2D eigenvalue weighted by molar-refractivity contribution is 0.0697. The summed E-state index contributed by atoms with van der Waals surface area (Å²) in [6.45, 7) is 8.24. The third-order valence-electron chi connectivity index (χ3n) is 3.77. The van der Waals surface area contributed by atoms with Gasteiger partial charge in [0, 0.05) is 5.92 Å². The number of imidazole rings is 1. The standard InChI is InChI=1S/C16H22N2O3/c1-9(2)14(8-19)18-13-6-5-11(16(20)21)7-12(13)17-15(18)10(3)4/h5-7,9-10,14,19H,8H2,1-4H3,(H,20,21). The van der Waals surface area contributed by atoms with E-state index in [1.54, 1.807) is 18.2 Å². The number of aromatic nitrogens is 2. The van der Waals surface area contributed by atoms with Gasteiger partial charge in [-0.15, -0.1) is 0 Å². The van der Waals surface area contributed by atoms with E-state index in [2.05, 4.69) is 23.4 Å². The molecular weight excluding hydrogens is 268 g/mol. The van der Waals surface area contributed by atoms with Crippen LogP contribution in [-0.2, 0) is 0 Å². The first-order chi connectivity index (χ1) is 9.86. The third kappa shape index (κ3) is 2.78. The van der Waals surface area contributed by atoms with Gasteiger partial charge in [-0.25, -0.2) is 9.78 Å². The molecule has 0 saturated carbocycles. The maximum absolute atomic E-state index is 11.1. The van der Waals surface area contributed by atoms with Crippen LogP contribution in [-0.4, -0.2) is 32.3 Å². The molecule has 1 heterocycles. The number of aliphatic hydroxyl groups is 1. The van der Waals surface area contributed by atoms with Crippen LogP contribution in [0.1, 0.15) is 55.8 Å². The van der Waals surface area contributed by atoms with Gasteiger partial charge in [0.25, 0.3) is 0 Å². The van der Waals surface area contributed by atoms with E-state index in [0.717, 1.165) is 11.3 Å². The number of carboxylic acid groups (broad SMARTS) is 1. The fourth-order valence-corrected chi connectivity index (χ4v) is 2.60. The van der Waals surface area contributed by atoms with Crippen LogP contribution in [0.4, 0.5) is 0 Å². The Bertz CT molecular complexity index is 659. The Balaban J connectivity index is 2.71. The van der Waals surface area contributed by atoms with Crippen LogP contribution in [0, 0.1) is 5.92 Å². The molecular formula is C16H22N2O3. The van der Waals surface area contributed by atoms with Crippen molar-refractivity contribution >= 4 is 17.0 Å². The number of hydrogen-bond donors (Lipinski definition) is 2. The first-order valence-electron chi connectivity index (χ1n) is 7.22. The van der Waals surface area contributed by atoms with E-state index >= 15 is 0 Å². The number of fused-ring (bicyclic) bond motifs is 1. The first kappa shape index (κ1) is 15.5. The Hall–Kier alpha value is -1.88.